The second-order valence-corrected chi connectivity index (χ2v) is 11.3. The molecule has 0 unspecified atom stereocenters. The summed E-state index contributed by atoms with van der Waals surface area (Å²) in [6, 6.07) is 24.5. The molecule has 4 rings (SSSR count). The van der Waals surface area contributed by atoms with Crippen LogP contribution in [0.3, 0.4) is 0 Å². The van der Waals surface area contributed by atoms with Crippen LogP contribution >= 0.6 is 0 Å². The van der Waals surface area contributed by atoms with Crippen molar-refractivity contribution in [1.82, 2.24) is 5.32 Å². The van der Waals surface area contributed by atoms with Crippen molar-refractivity contribution in [2.75, 3.05) is 5.75 Å². The Kier molecular flexibility index (Phi) is 8.46. The van der Waals surface area contributed by atoms with Gasteiger partial charge in [-0.25, -0.2) is 8.42 Å². The molecule has 188 valence electrons. The number of nitrogens with one attached hydrogen (secondary N) is 1. The number of para-hydroxylation sites is 1. The van der Waals surface area contributed by atoms with Gasteiger partial charge >= 0.3 is 7.12 Å². The Balaban J connectivity index is 1.50. The number of carbonyl (C=O) groups excluding carboxylic acids is 1. The summed E-state index contributed by atoms with van der Waals surface area (Å²) in [5.74, 6) is -1.17. The van der Waals surface area contributed by atoms with Gasteiger partial charge in [-0.1, -0.05) is 61.4 Å². The third-order valence-electron chi connectivity index (χ3n) is 6.25. The number of carbonyl (C=O) groups is 1. The van der Waals surface area contributed by atoms with E-state index in [4.69, 9.17) is 4.74 Å². The van der Waals surface area contributed by atoms with Gasteiger partial charge in [-0.3, -0.25) is 4.79 Å². The number of hydrogen-bond acceptors (Lipinski definition) is 6. The first-order valence-corrected chi connectivity index (χ1v) is 13.7. The lowest BCUT2D eigenvalue weighted by Crippen LogP contribution is -2.50. The lowest BCUT2D eigenvalue weighted by atomic mass is 9.76. The molecule has 36 heavy (non-hydrogen) atoms. The predicted molar refractivity (Wildman–Crippen MR) is 138 cm³/mol. The average Bonchev–Trinajstić information content (AvgIpc) is 3.69. The fraction of sp³-hybridized carbons (Fsp3) is 0.296. The van der Waals surface area contributed by atoms with Crippen LogP contribution in [0.25, 0.3) is 0 Å². The molecule has 0 heterocycles. The van der Waals surface area contributed by atoms with Crippen LogP contribution in [0.15, 0.2) is 89.8 Å². The van der Waals surface area contributed by atoms with E-state index >= 15 is 0 Å². The van der Waals surface area contributed by atoms with Gasteiger partial charge in [-0.2, -0.15) is 0 Å². The number of rotatable bonds is 12. The molecule has 3 N–H and O–H groups in total. The van der Waals surface area contributed by atoms with Crippen LogP contribution in [0.4, 0.5) is 0 Å². The van der Waals surface area contributed by atoms with Crippen molar-refractivity contribution in [2.45, 2.75) is 36.5 Å². The fourth-order valence-electron chi connectivity index (χ4n) is 4.10. The zero-order valence-corrected chi connectivity index (χ0v) is 20.7. The summed E-state index contributed by atoms with van der Waals surface area (Å²) in [6.45, 7) is 0. The molecular weight excluding hydrogens is 477 g/mol. The molecule has 0 aliphatic heterocycles. The summed E-state index contributed by atoms with van der Waals surface area (Å²) in [5, 5.41) is 22.2. The highest BCUT2D eigenvalue weighted by molar-refractivity contribution is 7.91. The number of amides is 1. The standard InChI is InChI=1S/C27H30BNO6S/c30-27(29-26(28(31)32)18-21-11-12-21)22(17-20-7-3-1-4-8-20)19-36(33,34)25-15-13-24(14-16-25)35-23-9-5-2-6-10-23/h1-10,13-16,21-22,26,31-32H,11-12,17-19H2,(H,29,30)/t22-,26+/m1/s1. The van der Waals surface area contributed by atoms with E-state index in [-0.39, 0.29) is 11.3 Å². The molecule has 1 saturated carbocycles. The summed E-state index contributed by atoms with van der Waals surface area (Å²) in [4.78, 5) is 13.3. The van der Waals surface area contributed by atoms with E-state index in [2.05, 4.69) is 5.32 Å². The topological polar surface area (TPSA) is 113 Å². The number of sulfone groups is 1. The Labute approximate surface area is 212 Å². The van der Waals surface area contributed by atoms with Crippen molar-refractivity contribution in [1.29, 1.82) is 0 Å². The molecule has 0 saturated heterocycles. The average molecular weight is 507 g/mol. The summed E-state index contributed by atoms with van der Waals surface area (Å²) < 4.78 is 32.3. The van der Waals surface area contributed by atoms with E-state index in [0.29, 0.717) is 23.8 Å². The maximum Gasteiger partial charge on any atom is 0.475 e. The molecule has 0 radical (unpaired) electrons. The maximum absolute atomic E-state index is 13.3. The van der Waals surface area contributed by atoms with Crippen molar-refractivity contribution < 1.29 is 28.0 Å². The molecule has 0 aromatic heterocycles. The van der Waals surface area contributed by atoms with Crippen molar-refractivity contribution in [2.24, 2.45) is 11.8 Å². The van der Waals surface area contributed by atoms with Gasteiger partial charge in [-0.05, 0) is 60.7 Å². The van der Waals surface area contributed by atoms with E-state index in [1.54, 1.807) is 24.3 Å². The minimum atomic E-state index is -3.82. The van der Waals surface area contributed by atoms with Gasteiger partial charge < -0.3 is 20.1 Å². The second kappa shape index (κ2) is 11.7. The van der Waals surface area contributed by atoms with Crippen LogP contribution in [-0.2, 0) is 21.1 Å². The molecular formula is C27H30BNO6S. The lowest BCUT2D eigenvalue weighted by Gasteiger charge is -2.22. The Hall–Kier alpha value is -3.14. The lowest BCUT2D eigenvalue weighted by molar-refractivity contribution is -0.124. The first kappa shape index (κ1) is 25.9. The van der Waals surface area contributed by atoms with Crippen molar-refractivity contribution >= 4 is 22.9 Å². The van der Waals surface area contributed by atoms with E-state index in [1.165, 1.54) is 12.1 Å². The number of hydrogen-bond donors (Lipinski definition) is 3. The highest BCUT2D eigenvalue weighted by Crippen LogP contribution is 2.34. The Morgan fingerprint density at radius 1 is 0.917 bits per heavy atom. The van der Waals surface area contributed by atoms with Gasteiger partial charge in [0.05, 0.1) is 22.5 Å². The molecule has 2 atom stereocenters. The molecule has 7 nitrogen and oxygen atoms in total. The van der Waals surface area contributed by atoms with Gasteiger partial charge in [-0.15, -0.1) is 0 Å². The molecule has 1 fully saturated rings. The molecule has 9 heteroatoms. The summed E-state index contributed by atoms with van der Waals surface area (Å²) in [6.07, 6.45) is 2.64. The molecule has 1 aliphatic carbocycles. The van der Waals surface area contributed by atoms with Crippen LogP contribution in [0.2, 0.25) is 0 Å². The highest BCUT2D eigenvalue weighted by atomic mass is 32.2. The first-order chi connectivity index (χ1) is 17.3. The third-order valence-corrected chi connectivity index (χ3v) is 8.08. The molecule has 1 aliphatic rings. The zero-order valence-electron chi connectivity index (χ0n) is 19.9. The summed E-state index contributed by atoms with van der Waals surface area (Å²) >= 11 is 0. The fourth-order valence-corrected chi connectivity index (χ4v) is 5.64. The summed E-state index contributed by atoms with van der Waals surface area (Å²) in [7, 11) is -5.53. The van der Waals surface area contributed by atoms with Crippen LogP contribution in [0.1, 0.15) is 24.8 Å². The number of ether oxygens (including phenoxy) is 1. The van der Waals surface area contributed by atoms with Gasteiger partial charge in [0, 0.05) is 0 Å². The molecule has 0 bridgehead atoms. The van der Waals surface area contributed by atoms with Gasteiger partial charge in [0.1, 0.15) is 11.5 Å². The molecule has 3 aromatic carbocycles. The monoisotopic (exact) mass is 507 g/mol. The SMILES string of the molecule is O=C(N[C@@H](CC1CC1)B(O)O)[C@H](Cc1ccccc1)CS(=O)(=O)c1ccc(Oc2ccccc2)cc1. The Morgan fingerprint density at radius 3 is 2.08 bits per heavy atom. The van der Waals surface area contributed by atoms with Crippen LogP contribution in [0, 0.1) is 11.8 Å². The largest absolute Gasteiger partial charge is 0.475 e. The maximum atomic E-state index is 13.3. The van der Waals surface area contributed by atoms with E-state index in [9.17, 15) is 23.3 Å². The number of benzene rings is 3. The van der Waals surface area contributed by atoms with Crippen molar-refractivity contribution in [3.05, 3.63) is 90.5 Å². The third kappa shape index (κ3) is 7.43. The van der Waals surface area contributed by atoms with Crippen LogP contribution in [0.5, 0.6) is 11.5 Å². The van der Waals surface area contributed by atoms with Crippen molar-refractivity contribution in [3.63, 3.8) is 0 Å². The van der Waals surface area contributed by atoms with Gasteiger partial charge in [0.15, 0.2) is 9.84 Å². The molecule has 0 spiro atoms. The highest BCUT2D eigenvalue weighted by Gasteiger charge is 2.35. The van der Waals surface area contributed by atoms with Crippen LogP contribution < -0.4 is 10.1 Å². The normalized spacial score (nSPS) is 15.1. The summed E-state index contributed by atoms with van der Waals surface area (Å²) in [5.41, 5.74) is 0.822. The zero-order chi connectivity index (χ0) is 25.5. The smallest absolute Gasteiger partial charge is 0.457 e. The quantitative estimate of drug-likeness (QED) is 0.324. The minimum Gasteiger partial charge on any atom is -0.457 e. The van der Waals surface area contributed by atoms with E-state index in [1.807, 2.05) is 48.5 Å². The predicted octanol–water partition coefficient (Wildman–Crippen LogP) is 3.41. The Morgan fingerprint density at radius 2 is 1.50 bits per heavy atom. The Bertz CT molecular complexity index is 1230. The first-order valence-electron chi connectivity index (χ1n) is 12.1. The van der Waals surface area contributed by atoms with Gasteiger partial charge in [0.25, 0.3) is 0 Å². The van der Waals surface area contributed by atoms with Crippen LogP contribution in [-0.4, -0.2) is 43.2 Å². The van der Waals surface area contributed by atoms with Gasteiger partial charge in [0.2, 0.25) is 5.91 Å². The minimum absolute atomic E-state index is 0.0884. The van der Waals surface area contributed by atoms with E-state index < -0.39 is 40.5 Å². The second-order valence-electron chi connectivity index (χ2n) is 9.26. The van der Waals surface area contributed by atoms with E-state index in [0.717, 1.165) is 18.4 Å². The van der Waals surface area contributed by atoms with Crippen molar-refractivity contribution in [3.8, 4) is 11.5 Å². The molecule has 3 aromatic rings. The molecule has 1 amide bonds.